The molecule has 1 atom stereocenters. The molecule has 0 saturated carbocycles. The van der Waals surface area contributed by atoms with Crippen molar-refractivity contribution in [3.8, 4) is 0 Å². The van der Waals surface area contributed by atoms with Gasteiger partial charge in [-0.3, -0.25) is 4.79 Å². The van der Waals surface area contributed by atoms with Gasteiger partial charge in [-0.25, -0.2) is 0 Å². The summed E-state index contributed by atoms with van der Waals surface area (Å²) < 4.78 is 0. The Kier molecular flexibility index (Phi) is 4.93. The van der Waals surface area contributed by atoms with Gasteiger partial charge in [-0.15, -0.1) is 0 Å². The van der Waals surface area contributed by atoms with E-state index in [0.717, 1.165) is 23.7 Å². The van der Waals surface area contributed by atoms with E-state index in [4.69, 9.17) is 0 Å². The van der Waals surface area contributed by atoms with Crippen molar-refractivity contribution in [2.75, 3.05) is 29.9 Å². The molecule has 3 nitrogen and oxygen atoms in total. The first kappa shape index (κ1) is 13.3. The third-order valence-corrected chi connectivity index (χ3v) is 4.33. The summed E-state index contributed by atoms with van der Waals surface area (Å²) in [4.78, 5) is 11.6. The molecular weight excluding hydrogens is 244 g/mol. The van der Waals surface area contributed by atoms with E-state index < -0.39 is 0 Å². The molecule has 1 aromatic rings. The molecule has 0 bridgehead atoms. The number of benzene rings is 1. The van der Waals surface area contributed by atoms with Crippen molar-refractivity contribution < 1.29 is 4.79 Å². The van der Waals surface area contributed by atoms with Crippen LogP contribution in [-0.2, 0) is 0 Å². The van der Waals surface area contributed by atoms with Crippen LogP contribution in [0.15, 0.2) is 24.3 Å². The molecule has 0 aromatic heterocycles. The van der Waals surface area contributed by atoms with Gasteiger partial charge in [0.05, 0.1) is 0 Å². The summed E-state index contributed by atoms with van der Waals surface area (Å²) >= 11 is 2.04. The first-order valence-electron chi connectivity index (χ1n) is 6.49. The highest BCUT2D eigenvalue weighted by Crippen LogP contribution is 2.23. The van der Waals surface area contributed by atoms with Crippen molar-refractivity contribution in [1.29, 1.82) is 0 Å². The minimum Gasteiger partial charge on any atom is -0.385 e. The molecule has 1 aliphatic heterocycles. The monoisotopic (exact) mass is 264 g/mol. The Hall–Kier alpha value is -1.16. The molecule has 1 unspecified atom stereocenters. The summed E-state index contributed by atoms with van der Waals surface area (Å²) in [5, 5.41) is 6.24. The fourth-order valence-corrected chi connectivity index (χ4v) is 3.29. The SMILES string of the molecule is CCNC(=O)c1ccc(NCC2CCSC2)cc1. The van der Waals surface area contributed by atoms with Crippen LogP contribution in [0.3, 0.4) is 0 Å². The van der Waals surface area contributed by atoms with Gasteiger partial charge in [0.25, 0.3) is 5.91 Å². The molecule has 18 heavy (non-hydrogen) atoms. The topological polar surface area (TPSA) is 41.1 Å². The smallest absolute Gasteiger partial charge is 0.251 e. The third-order valence-electron chi connectivity index (χ3n) is 3.10. The Labute approximate surface area is 113 Å². The molecule has 1 heterocycles. The predicted octanol–water partition coefficient (Wildman–Crippen LogP) is 2.60. The van der Waals surface area contributed by atoms with Crippen molar-refractivity contribution in [2.24, 2.45) is 5.92 Å². The molecule has 2 rings (SSSR count). The van der Waals surface area contributed by atoms with Gasteiger partial charge in [0.1, 0.15) is 0 Å². The molecule has 0 aliphatic carbocycles. The number of anilines is 1. The Morgan fingerprint density at radius 2 is 2.17 bits per heavy atom. The molecule has 1 saturated heterocycles. The Bertz CT molecular complexity index is 385. The van der Waals surface area contributed by atoms with Crippen molar-refractivity contribution in [2.45, 2.75) is 13.3 Å². The molecule has 4 heteroatoms. The van der Waals surface area contributed by atoms with E-state index in [2.05, 4.69) is 10.6 Å². The van der Waals surface area contributed by atoms with Crippen LogP contribution in [-0.4, -0.2) is 30.5 Å². The summed E-state index contributed by atoms with van der Waals surface area (Å²) in [6.07, 6.45) is 1.31. The van der Waals surface area contributed by atoms with Crippen LogP contribution in [0.4, 0.5) is 5.69 Å². The summed E-state index contributed by atoms with van der Waals surface area (Å²) in [6, 6.07) is 7.70. The van der Waals surface area contributed by atoms with Crippen LogP contribution >= 0.6 is 11.8 Å². The number of hydrogen-bond acceptors (Lipinski definition) is 3. The average molecular weight is 264 g/mol. The number of carbonyl (C=O) groups is 1. The number of nitrogens with one attached hydrogen (secondary N) is 2. The average Bonchev–Trinajstić information content (AvgIpc) is 2.90. The van der Waals surface area contributed by atoms with E-state index in [1.807, 2.05) is 43.0 Å². The van der Waals surface area contributed by atoms with Gasteiger partial charge in [0.15, 0.2) is 0 Å². The summed E-state index contributed by atoms with van der Waals surface area (Å²) in [6.45, 7) is 3.62. The zero-order valence-electron chi connectivity index (χ0n) is 10.7. The van der Waals surface area contributed by atoms with Crippen LogP contribution < -0.4 is 10.6 Å². The Morgan fingerprint density at radius 3 is 2.78 bits per heavy atom. The molecule has 2 N–H and O–H groups in total. The van der Waals surface area contributed by atoms with Gasteiger partial charge >= 0.3 is 0 Å². The van der Waals surface area contributed by atoms with Crippen molar-refractivity contribution >= 4 is 23.4 Å². The van der Waals surface area contributed by atoms with Gasteiger partial charge < -0.3 is 10.6 Å². The molecule has 1 aliphatic rings. The second-order valence-electron chi connectivity index (χ2n) is 4.55. The van der Waals surface area contributed by atoms with Gasteiger partial charge in [-0.1, -0.05) is 0 Å². The first-order chi connectivity index (χ1) is 8.79. The molecule has 1 aromatic carbocycles. The molecule has 1 amide bonds. The standard InChI is InChI=1S/C14H20N2OS/c1-2-15-14(17)12-3-5-13(6-4-12)16-9-11-7-8-18-10-11/h3-6,11,16H,2,7-10H2,1H3,(H,15,17). The highest BCUT2D eigenvalue weighted by atomic mass is 32.2. The second-order valence-corrected chi connectivity index (χ2v) is 5.70. The zero-order chi connectivity index (χ0) is 12.8. The minimum absolute atomic E-state index is 0.00348. The lowest BCUT2D eigenvalue weighted by Crippen LogP contribution is -2.22. The maximum atomic E-state index is 11.6. The molecule has 1 fully saturated rings. The third kappa shape index (κ3) is 3.67. The maximum absolute atomic E-state index is 11.6. The van der Waals surface area contributed by atoms with Crippen molar-refractivity contribution in [1.82, 2.24) is 5.32 Å². The lowest BCUT2D eigenvalue weighted by Gasteiger charge is -2.11. The van der Waals surface area contributed by atoms with E-state index >= 15 is 0 Å². The van der Waals surface area contributed by atoms with Crippen molar-refractivity contribution in [3.05, 3.63) is 29.8 Å². The summed E-state index contributed by atoms with van der Waals surface area (Å²) in [5.41, 5.74) is 1.82. The predicted molar refractivity (Wildman–Crippen MR) is 78.4 cm³/mol. The molecule has 98 valence electrons. The van der Waals surface area contributed by atoms with E-state index in [0.29, 0.717) is 6.54 Å². The fourth-order valence-electron chi connectivity index (χ4n) is 2.01. The van der Waals surface area contributed by atoms with Crippen molar-refractivity contribution in [3.63, 3.8) is 0 Å². The molecule has 0 radical (unpaired) electrons. The molecule has 0 spiro atoms. The van der Waals surface area contributed by atoms with E-state index in [1.54, 1.807) is 0 Å². The van der Waals surface area contributed by atoms with Crippen LogP contribution in [0.1, 0.15) is 23.7 Å². The van der Waals surface area contributed by atoms with Crippen LogP contribution in [0.25, 0.3) is 0 Å². The quantitative estimate of drug-likeness (QED) is 0.859. The Balaban J connectivity index is 1.85. The lowest BCUT2D eigenvalue weighted by molar-refractivity contribution is 0.0956. The van der Waals surface area contributed by atoms with Gasteiger partial charge in [-0.05, 0) is 55.0 Å². The number of rotatable bonds is 5. The first-order valence-corrected chi connectivity index (χ1v) is 7.65. The van der Waals surface area contributed by atoms with E-state index in [-0.39, 0.29) is 5.91 Å². The number of thioether (sulfide) groups is 1. The molecular formula is C14H20N2OS. The minimum atomic E-state index is -0.00348. The van der Waals surface area contributed by atoms with Crippen LogP contribution in [0.2, 0.25) is 0 Å². The van der Waals surface area contributed by atoms with Gasteiger partial charge in [0, 0.05) is 24.3 Å². The van der Waals surface area contributed by atoms with Crippen LogP contribution in [0.5, 0.6) is 0 Å². The maximum Gasteiger partial charge on any atom is 0.251 e. The summed E-state index contributed by atoms with van der Waals surface area (Å²) in [5.74, 6) is 3.35. The normalized spacial score (nSPS) is 18.6. The lowest BCUT2D eigenvalue weighted by atomic mass is 10.1. The van der Waals surface area contributed by atoms with E-state index in [1.165, 1.54) is 17.9 Å². The number of amides is 1. The largest absolute Gasteiger partial charge is 0.385 e. The van der Waals surface area contributed by atoms with Crippen LogP contribution in [0, 0.1) is 5.92 Å². The number of carbonyl (C=O) groups excluding carboxylic acids is 1. The zero-order valence-corrected chi connectivity index (χ0v) is 11.6. The Morgan fingerprint density at radius 1 is 1.39 bits per heavy atom. The fraction of sp³-hybridized carbons (Fsp3) is 0.500. The highest BCUT2D eigenvalue weighted by molar-refractivity contribution is 7.99. The van der Waals surface area contributed by atoms with Gasteiger partial charge in [-0.2, -0.15) is 11.8 Å². The van der Waals surface area contributed by atoms with Gasteiger partial charge in [0.2, 0.25) is 0 Å². The highest BCUT2D eigenvalue weighted by Gasteiger charge is 2.14. The summed E-state index contributed by atoms with van der Waals surface area (Å²) in [7, 11) is 0. The second kappa shape index (κ2) is 6.69. The number of hydrogen-bond donors (Lipinski definition) is 2. The van der Waals surface area contributed by atoms with E-state index in [9.17, 15) is 4.79 Å².